The molecule has 2 N–H and O–H groups in total. The molecule has 0 saturated heterocycles. The predicted octanol–water partition coefficient (Wildman–Crippen LogP) is 4.82. The lowest BCUT2D eigenvalue weighted by molar-refractivity contribution is -0.145. The molecule has 2 fully saturated rings. The van der Waals surface area contributed by atoms with E-state index in [9.17, 15) is 28.3 Å². The van der Waals surface area contributed by atoms with Gasteiger partial charge in [-0.15, -0.1) is 0 Å². The Kier molecular flexibility index (Phi) is 8.39. The monoisotopic (exact) mass is 634 g/mol. The van der Waals surface area contributed by atoms with E-state index in [4.69, 9.17) is 9.47 Å². The van der Waals surface area contributed by atoms with E-state index in [2.05, 4.69) is 15.3 Å². The van der Waals surface area contributed by atoms with Crippen LogP contribution in [-0.2, 0) is 14.4 Å². The number of amides is 2. The molecule has 2 aromatic carbocycles. The smallest absolute Gasteiger partial charge is 0.330 e. The quantitative estimate of drug-likeness (QED) is 0.382. The summed E-state index contributed by atoms with van der Waals surface area (Å²) in [6, 6.07) is 6.47. The van der Waals surface area contributed by atoms with Gasteiger partial charge in [0.1, 0.15) is 29.0 Å². The van der Waals surface area contributed by atoms with Crippen molar-refractivity contribution in [2.45, 2.75) is 57.1 Å². The van der Waals surface area contributed by atoms with E-state index < -0.39 is 47.0 Å². The first-order valence-corrected chi connectivity index (χ1v) is 15.5. The number of carbonyl (C=O) groups excluding carboxylic acids is 2. The molecule has 1 aliphatic heterocycles. The molecule has 0 radical (unpaired) electrons. The number of ether oxygens (including phenoxy) is 2. The summed E-state index contributed by atoms with van der Waals surface area (Å²) in [6.07, 6.45) is 6.15. The minimum atomic E-state index is -1.40. The first-order valence-electron chi connectivity index (χ1n) is 15.5. The summed E-state index contributed by atoms with van der Waals surface area (Å²) in [5.74, 6) is -4.60. The number of halogens is 2. The van der Waals surface area contributed by atoms with Gasteiger partial charge < -0.3 is 24.8 Å². The first kappa shape index (κ1) is 31.4. The molecule has 10 nitrogen and oxygen atoms in total. The van der Waals surface area contributed by atoms with Gasteiger partial charge in [0.2, 0.25) is 17.7 Å². The Labute approximate surface area is 264 Å². The van der Waals surface area contributed by atoms with Crippen molar-refractivity contribution in [3.8, 4) is 23.0 Å². The number of carboxylic acids is 1. The molecule has 5 unspecified atom stereocenters. The summed E-state index contributed by atoms with van der Waals surface area (Å²) in [5, 5.41) is 13.3. The van der Waals surface area contributed by atoms with Crippen LogP contribution in [0.15, 0.2) is 42.5 Å². The molecule has 1 aromatic heterocycles. The highest BCUT2D eigenvalue weighted by atomic mass is 19.1. The van der Waals surface area contributed by atoms with Crippen molar-refractivity contribution in [3.05, 3.63) is 59.7 Å². The summed E-state index contributed by atoms with van der Waals surface area (Å²) in [6.45, 7) is 2.32. The van der Waals surface area contributed by atoms with Crippen LogP contribution < -0.4 is 14.8 Å². The summed E-state index contributed by atoms with van der Waals surface area (Å²) in [5.41, 5.74) is -0.183. The van der Waals surface area contributed by atoms with Crippen LogP contribution in [0.4, 0.5) is 8.78 Å². The van der Waals surface area contributed by atoms with Crippen LogP contribution in [0.2, 0.25) is 0 Å². The van der Waals surface area contributed by atoms with E-state index in [1.807, 2.05) is 12.2 Å². The Bertz CT molecular complexity index is 1730. The fraction of sp³-hybridized carbons (Fsp3) is 0.441. The van der Waals surface area contributed by atoms with Gasteiger partial charge in [0.05, 0.1) is 29.8 Å². The molecule has 2 saturated carbocycles. The fourth-order valence-corrected chi connectivity index (χ4v) is 6.76. The number of allylic oxidation sites excluding steroid dienone is 1. The minimum absolute atomic E-state index is 0.0265. The van der Waals surface area contributed by atoms with Gasteiger partial charge in [-0.2, -0.15) is 4.98 Å². The molecule has 2 aliphatic carbocycles. The van der Waals surface area contributed by atoms with Crippen LogP contribution in [0.3, 0.4) is 0 Å². The number of aromatic nitrogens is 2. The molecule has 6 rings (SSSR count). The van der Waals surface area contributed by atoms with Gasteiger partial charge in [0, 0.05) is 36.7 Å². The van der Waals surface area contributed by atoms with E-state index in [-0.39, 0.29) is 48.4 Å². The Morgan fingerprint density at radius 1 is 1.09 bits per heavy atom. The predicted molar refractivity (Wildman–Crippen MR) is 164 cm³/mol. The number of methoxy groups -OCH3 is 1. The molecule has 0 spiro atoms. The maximum Gasteiger partial charge on any atom is 0.330 e. The maximum absolute atomic E-state index is 14.2. The van der Waals surface area contributed by atoms with Gasteiger partial charge in [0.15, 0.2) is 5.82 Å². The molecule has 12 heteroatoms. The molecule has 242 valence electrons. The SMILES string of the molecule is COc1ccc2c(OC3CC4C(=O)NC5(C(=O)O)CC5/C=C\CCCCN(C)C(=O)C4C3)nc(-c3cc(F)cc(F)c3)nc2c1C. The number of rotatable bonds is 5. The van der Waals surface area contributed by atoms with Crippen molar-refractivity contribution in [2.24, 2.45) is 17.8 Å². The highest BCUT2D eigenvalue weighted by Crippen LogP contribution is 2.46. The van der Waals surface area contributed by atoms with Crippen molar-refractivity contribution in [1.82, 2.24) is 20.2 Å². The number of fused-ring (bicyclic) bond motifs is 3. The number of aliphatic carboxylic acids is 1. The molecule has 2 amide bonds. The van der Waals surface area contributed by atoms with Gasteiger partial charge in [-0.1, -0.05) is 12.2 Å². The average Bonchev–Trinajstić information content (AvgIpc) is 3.55. The second-order valence-electron chi connectivity index (χ2n) is 12.5. The largest absolute Gasteiger partial charge is 0.496 e. The zero-order valence-corrected chi connectivity index (χ0v) is 25.9. The zero-order valence-electron chi connectivity index (χ0n) is 25.9. The number of hydrogen-bond acceptors (Lipinski definition) is 7. The first-order chi connectivity index (χ1) is 22.0. The van der Waals surface area contributed by atoms with Crippen molar-refractivity contribution in [2.75, 3.05) is 20.7 Å². The van der Waals surface area contributed by atoms with Crippen molar-refractivity contribution < 1.29 is 37.7 Å². The molecule has 5 atom stereocenters. The number of benzene rings is 2. The van der Waals surface area contributed by atoms with Crippen LogP contribution in [0.1, 0.15) is 44.1 Å². The molecule has 0 bridgehead atoms. The molecule has 3 aromatic rings. The number of carbonyl (C=O) groups is 3. The normalized spacial score (nSPS) is 27.3. The fourth-order valence-electron chi connectivity index (χ4n) is 6.76. The zero-order chi connectivity index (χ0) is 32.7. The topological polar surface area (TPSA) is 131 Å². The standard InChI is InChI=1S/C34H36F2N4O6/c1-18-27(45-3)10-9-24-28(18)37-29(19-12-21(35)14-22(36)13-19)38-31(24)46-23-15-25-26(16-23)32(42)40(2)11-7-5-4-6-8-20-17-34(20,33(43)44)39-30(25)41/h6,8-10,12-14,20,23,25-26H,4-5,7,11,15-17H2,1-3H3,(H,39,41)(H,43,44)/b8-6-. The third-order valence-corrected chi connectivity index (χ3v) is 9.43. The van der Waals surface area contributed by atoms with E-state index in [0.29, 0.717) is 28.8 Å². The Hall–Kier alpha value is -4.61. The summed E-state index contributed by atoms with van der Waals surface area (Å²) in [4.78, 5) is 50.6. The van der Waals surface area contributed by atoms with Crippen LogP contribution >= 0.6 is 0 Å². The van der Waals surface area contributed by atoms with Crippen LogP contribution in [0.5, 0.6) is 11.6 Å². The Morgan fingerprint density at radius 2 is 1.83 bits per heavy atom. The number of nitrogens with zero attached hydrogens (tertiary/aromatic N) is 3. The van der Waals surface area contributed by atoms with E-state index >= 15 is 0 Å². The Morgan fingerprint density at radius 3 is 2.54 bits per heavy atom. The van der Waals surface area contributed by atoms with Crippen molar-refractivity contribution in [3.63, 3.8) is 0 Å². The summed E-state index contributed by atoms with van der Waals surface area (Å²) < 4.78 is 40.3. The van der Waals surface area contributed by atoms with Crippen LogP contribution in [0, 0.1) is 36.3 Å². The number of aryl methyl sites for hydroxylation is 1. The highest BCUT2D eigenvalue weighted by molar-refractivity contribution is 5.94. The van der Waals surface area contributed by atoms with Gasteiger partial charge in [-0.3, -0.25) is 9.59 Å². The third-order valence-electron chi connectivity index (χ3n) is 9.43. The van der Waals surface area contributed by atoms with Gasteiger partial charge >= 0.3 is 5.97 Å². The lowest BCUT2D eigenvalue weighted by Crippen LogP contribution is -2.49. The maximum atomic E-state index is 14.2. The van der Waals surface area contributed by atoms with Gasteiger partial charge in [-0.25, -0.2) is 18.6 Å². The van der Waals surface area contributed by atoms with Crippen molar-refractivity contribution in [1.29, 1.82) is 0 Å². The molecule has 46 heavy (non-hydrogen) atoms. The van der Waals surface area contributed by atoms with Gasteiger partial charge in [0.25, 0.3) is 0 Å². The van der Waals surface area contributed by atoms with Crippen LogP contribution in [-0.4, -0.2) is 70.1 Å². The lowest BCUT2D eigenvalue weighted by Gasteiger charge is -2.26. The van der Waals surface area contributed by atoms with Gasteiger partial charge in [-0.05, 0) is 69.7 Å². The third kappa shape index (κ3) is 5.88. The lowest BCUT2D eigenvalue weighted by atomic mass is 9.93. The highest BCUT2D eigenvalue weighted by Gasteiger charge is 2.61. The van der Waals surface area contributed by atoms with E-state index in [0.717, 1.165) is 37.5 Å². The van der Waals surface area contributed by atoms with E-state index in [1.165, 1.54) is 7.11 Å². The summed E-state index contributed by atoms with van der Waals surface area (Å²) >= 11 is 0. The number of carboxylic acid groups (broad SMARTS) is 1. The summed E-state index contributed by atoms with van der Waals surface area (Å²) in [7, 11) is 3.23. The second-order valence-corrected chi connectivity index (χ2v) is 12.5. The van der Waals surface area contributed by atoms with Crippen LogP contribution in [0.25, 0.3) is 22.3 Å². The van der Waals surface area contributed by atoms with E-state index in [1.54, 1.807) is 31.0 Å². The molecule has 3 aliphatic rings. The molecular weight excluding hydrogens is 598 g/mol. The number of hydrogen-bond donors (Lipinski definition) is 2. The Balaban J connectivity index is 1.36. The second kappa shape index (κ2) is 12.3. The molecule has 2 heterocycles. The number of nitrogens with one attached hydrogen (secondary N) is 1. The molecular formula is C34H36F2N4O6. The minimum Gasteiger partial charge on any atom is -0.496 e. The van der Waals surface area contributed by atoms with Crippen molar-refractivity contribution >= 4 is 28.7 Å². The average molecular weight is 635 g/mol.